The Labute approximate surface area is 106 Å². The summed E-state index contributed by atoms with van der Waals surface area (Å²) in [6.07, 6.45) is 3.87. The highest BCUT2D eigenvalue weighted by Crippen LogP contribution is 2.09. The summed E-state index contributed by atoms with van der Waals surface area (Å²) in [4.78, 5) is 22.0. The van der Waals surface area contributed by atoms with Gasteiger partial charge in [-0.15, -0.1) is 0 Å². The monoisotopic (exact) mass is 247 g/mol. The zero-order chi connectivity index (χ0) is 13.4. The van der Waals surface area contributed by atoms with Gasteiger partial charge in [-0.25, -0.2) is 0 Å². The van der Waals surface area contributed by atoms with Crippen molar-refractivity contribution in [1.29, 1.82) is 0 Å². The Morgan fingerprint density at radius 1 is 1.22 bits per heavy atom. The Kier molecular flexibility index (Phi) is 5.80. The molecule has 1 aromatic carbocycles. The number of carboxylic acids is 1. The standard InChI is InChI=1S/C14H17NO3/c1-15-10-2-3-11-4-6-12(7-5-11)13(16)8-9-14(17)18/h2-7,15H,8-10H2,1H3,(H,17,18). The van der Waals surface area contributed by atoms with Crippen molar-refractivity contribution in [3.8, 4) is 0 Å². The number of carboxylic acid groups (broad SMARTS) is 1. The molecule has 0 bridgehead atoms. The molecule has 0 saturated carbocycles. The Balaban J connectivity index is 2.59. The maximum Gasteiger partial charge on any atom is 0.303 e. The predicted molar refractivity (Wildman–Crippen MR) is 70.6 cm³/mol. The second-order valence-electron chi connectivity index (χ2n) is 3.90. The van der Waals surface area contributed by atoms with Gasteiger partial charge in [0.2, 0.25) is 0 Å². The Bertz CT molecular complexity index is 435. The molecule has 0 fully saturated rings. The first-order valence-corrected chi connectivity index (χ1v) is 5.79. The first-order valence-electron chi connectivity index (χ1n) is 5.79. The summed E-state index contributed by atoms with van der Waals surface area (Å²) >= 11 is 0. The molecule has 18 heavy (non-hydrogen) atoms. The number of hydrogen-bond donors (Lipinski definition) is 2. The number of Topliss-reactive ketones (excluding diaryl/α,β-unsaturated/α-hetero) is 1. The normalized spacial score (nSPS) is 10.7. The fraction of sp³-hybridized carbons (Fsp3) is 0.286. The van der Waals surface area contributed by atoms with Crippen molar-refractivity contribution in [1.82, 2.24) is 5.32 Å². The highest BCUT2D eigenvalue weighted by Gasteiger charge is 2.07. The largest absolute Gasteiger partial charge is 0.481 e. The van der Waals surface area contributed by atoms with Crippen LogP contribution in [0.4, 0.5) is 0 Å². The molecule has 4 nitrogen and oxygen atoms in total. The van der Waals surface area contributed by atoms with Gasteiger partial charge in [-0.1, -0.05) is 36.4 Å². The van der Waals surface area contributed by atoms with E-state index < -0.39 is 5.97 Å². The lowest BCUT2D eigenvalue weighted by molar-refractivity contribution is -0.136. The van der Waals surface area contributed by atoms with Gasteiger partial charge in [0, 0.05) is 18.5 Å². The third kappa shape index (κ3) is 4.93. The number of hydrogen-bond acceptors (Lipinski definition) is 3. The number of ketones is 1. The van der Waals surface area contributed by atoms with Gasteiger partial charge >= 0.3 is 5.97 Å². The average Bonchev–Trinajstić information content (AvgIpc) is 2.37. The van der Waals surface area contributed by atoms with Gasteiger partial charge in [0.25, 0.3) is 0 Å². The maximum atomic E-state index is 11.6. The Hall–Kier alpha value is -1.94. The smallest absolute Gasteiger partial charge is 0.303 e. The van der Waals surface area contributed by atoms with Gasteiger partial charge in [-0.05, 0) is 12.6 Å². The quantitative estimate of drug-likeness (QED) is 0.723. The molecule has 96 valence electrons. The van der Waals surface area contributed by atoms with E-state index in [1.54, 1.807) is 12.1 Å². The highest BCUT2D eigenvalue weighted by molar-refractivity contribution is 5.97. The SMILES string of the molecule is CNCC=Cc1ccc(C(=O)CCC(=O)O)cc1. The van der Waals surface area contributed by atoms with Gasteiger partial charge in [0.15, 0.2) is 5.78 Å². The van der Waals surface area contributed by atoms with Crippen molar-refractivity contribution in [2.45, 2.75) is 12.8 Å². The molecule has 0 aliphatic heterocycles. The number of carbonyl (C=O) groups excluding carboxylic acids is 1. The number of carbonyl (C=O) groups is 2. The molecule has 0 aliphatic rings. The zero-order valence-electron chi connectivity index (χ0n) is 10.3. The van der Waals surface area contributed by atoms with Crippen LogP contribution < -0.4 is 5.32 Å². The van der Waals surface area contributed by atoms with Crippen LogP contribution in [0.15, 0.2) is 30.3 Å². The molecular formula is C14H17NO3. The minimum atomic E-state index is -0.949. The molecule has 0 saturated heterocycles. The van der Waals surface area contributed by atoms with Crippen LogP contribution >= 0.6 is 0 Å². The second kappa shape index (κ2) is 7.40. The van der Waals surface area contributed by atoms with E-state index in [-0.39, 0.29) is 18.6 Å². The van der Waals surface area contributed by atoms with E-state index in [0.717, 1.165) is 12.1 Å². The molecule has 0 unspecified atom stereocenters. The second-order valence-corrected chi connectivity index (χ2v) is 3.90. The minimum Gasteiger partial charge on any atom is -0.481 e. The first-order chi connectivity index (χ1) is 8.63. The Morgan fingerprint density at radius 3 is 2.44 bits per heavy atom. The first kappa shape index (κ1) is 14.1. The molecule has 0 spiro atoms. The van der Waals surface area contributed by atoms with Crippen LogP contribution in [0.1, 0.15) is 28.8 Å². The van der Waals surface area contributed by atoms with Gasteiger partial charge in [-0.3, -0.25) is 9.59 Å². The van der Waals surface area contributed by atoms with E-state index in [2.05, 4.69) is 5.32 Å². The highest BCUT2D eigenvalue weighted by atomic mass is 16.4. The van der Waals surface area contributed by atoms with Crippen molar-refractivity contribution < 1.29 is 14.7 Å². The number of aliphatic carboxylic acids is 1. The van der Waals surface area contributed by atoms with E-state index in [9.17, 15) is 9.59 Å². The molecule has 1 aromatic rings. The van der Waals surface area contributed by atoms with Gasteiger partial charge < -0.3 is 10.4 Å². The topological polar surface area (TPSA) is 66.4 Å². The summed E-state index contributed by atoms with van der Waals surface area (Å²) in [6.45, 7) is 0.791. The van der Waals surface area contributed by atoms with Gasteiger partial charge in [-0.2, -0.15) is 0 Å². The molecule has 2 N–H and O–H groups in total. The van der Waals surface area contributed by atoms with Crippen molar-refractivity contribution in [2.24, 2.45) is 0 Å². The molecular weight excluding hydrogens is 230 g/mol. The van der Waals surface area contributed by atoms with Crippen LogP contribution in [0.25, 0.3) is 6.08 Å². The van der Waals surface area contributed by atoms with Crippen LogP contribution in [0.3, 0.4) is 0 Å². The number of rotatable bonds is 7. The lowest BCUT2D eigenvalue weighted by atomic mass is 10.0. The summed E-state index contributed by atoms with van der Waals surface area (Å²) in [5.41, 5.74) is 1.57. The maximum absolute atomic E-state index is 11.6. The minimum absolute atomic E-state index is 0.0459. The summed E-state index contributed by atoms with van der Waals surface area (Å²) in [5.74, 6) is -1.09. The van der Waals surface area contributed by atoms with Crippen molar-refractivity contribution >= 4 is 17.8 Å². The molecule has 0 radical (unpaired) electrons. The van der Waals surface area contributed by atoms with E-state index in [1.807, 2.05) is 31.3 Å². The third-order valence-corrected chi connectivity index (χ3v) is 2.43. The van der Waals surface area contributed by atoms with E-state index in [1.165, 1.54) is 0 Å². The van der Waals surface area contributed by atoms with Crippen LogP contribution in [-0.4, -0.2) is 30.5 Å². The molecule has 0 aromatic heterocycles. The van der Waals surface area contributed by atoms with Crippen molar-refractivity contribution in [3.63, 3.8) is 0 Å². The fourth-order valence-electron chi connectivity index (χ4n) is 1.46. The third-order valence-electron chi connectivity index (χ3n) is 2.43. The van der Waals surface area contributed by atoms with E-state index in [0.29, 0.717) is 5.56 Å². The lowest BCUT2D eigenvalue weighted by Gasteiger charge is -2.00. The van der Waals surface area contributed by atoms with Crippen LogP contribution in [0.5, 0.6) is 0 Å². The fourth-order valence-corrected chi connectivity index (χ4v) is 1.46. The molecule has 0 aliphatic carbocycles. The van der Waals surface area contributed by atoms with Crippen LogP contribution in [0.2, 0.25) is 0 Å². The molecule has 4 heteroatoms. The van der Waals surface area contributed by atoms with Crippen LogP contribution in [0, 0.1) is 0 Å². The summed E-state index contributed by atoms with van der Waals surface area (Å²) < 4.78 is 0. The number of benzene rings is 1. The van der Waals surface area contributed by atoms with Crippen molar-refractivity contribution in [3.05, 3.63) is 41.5 Å². The molecule has 1 rings (SSSR count). The van der Waals surface area contributed by atoms with Gasteiger partial charge in [0.1, 0.15) is 0 Å². The summed E-state index contributed by atoms with van der Waals surface area (Å²) in [6, 6.07) is 7.15. The van der Waals surface area contributed by atoms with Gasteiger partial charge in [0.05, 0.1) is 6.42 Å². The predicted octanol–water partition coefficient (Wildman–Crippen LogP) is 1.97. The zero-order valence-corrected chi connectivity index (χ0v) is 10.3. The van der Waals surface area contributed by atoms with E-state index >= 15 is 0 Å². The average molecular weight is 247 g/mol. The summed E-state index contributed by atoms with van der Waals surface area (Å²) in [7, 11) is 1.87. The molecule has 0 atom stereocenters. The number of nitrogens with one attached hydrogen (secondary N) is 1. The van der Waals surface area contributed by atoms with Crippen molar-refractivity contribution in [2.75, 3.05) is 13.6 Å². The molecule has 0 heterocycles. The molecule has 0 amide bonds. The lowest BCUT2D eigenvalue weighted by Crippen LogP contribution is -2.04. The Morgan fingerprint density at radius 2 is 1.89 bits per heavy atom. The summed E-state index contributed by atoms with van der Waals surface area (Å²) in [5, 5.41) is 11.5. The van der Waals surface area contributed by atoms with E-state index in [4.69, 9.17) is 5.11 Å². The number of likely N-dealkylation sites (N-methyl/N-ethyl adjacent to an activating group) is 1. The van der Waals surface area contributed by atoms with Crippen LogP contribution in [-0.2, 0) is 4.79 Å².